The van der Waals surface area contributed by atoms with Crippen molar-refractivity contribution in [1.82, 2.24) is 0 Å². The van der Waals surface area contributed by atoms with Crippen molar-refractivity contribution in [3.8, 4) is 0 Å². The lowest BCUT2D eigenvalue weighted by Gasteiger charge is -2.26. The molecule has 4 rings (SSSR count). The van der Waals surface area contributed by atoms with E-state index in [9.17, 15) is 4.48 Å². The van der Waals surface area contributed by atoms with Crippen LogP contribution in [0, 0.1) is 6.92 Å². The zero-order chi connectivity index (χ0) is 19.3. The minimum absolute atomic E-state index is 0.519. The zero-order valence-corrected chi connectivity index (χ0v) is 15.9. The zero-order valence-electron chi connectivity index (χ0n) is 15.9. The van der Waals surface area contributed by atoms with E-state index in [1.165, 1.54) is 11.1 Å². The molecule has 4 aromatic carbocycles. The standard InChI is InChI=1S/C25H23FN2/c1-19-14-23-15-24(13-12-22(23)16-25(19)27-26)28(17-20-8-4-2-5-9-20)18-21-10-6-3-7-11-21/h2-16,27H,17-18H2,1H3. The molecule has 140 valence electrons. The van der Waals surface area contributed by atoms with E-state index in [0.29, 0.717) is 5.69 Å². The molecule has 0 spiro atoms. The molecule has 0 saturated carbocycles. The molecule has 0 fully saturated rings. The van der Waals surface area contributed by atoms with Crippen LogP contribution in [0.3, 0.4) is 0 Å². The first-order valence-electron chi connectivity index (χ1n) is 9.47. The number of nitrogens with zero attached hydrogens (tertiary/aromatic N) is 1. The highest BCUT2D eigenvalue weighted by Gasteiger charge is 2.10. The number of rotatable bonds is 6. The Morgan fingerprint density at radius 1 is 0.714 bits per heavy atom. The molecule has 28 heavy (non-hydrogen) atoms. The highest BCUT2D eigenvalue weighted by Crippen LogP contribution is 2.29. The van der Waals surface area contributed by atoms with Crippen molar-refractivity contribution in [3.63, 3.8) is 0 Å². The molecule has 0 radical (unpaired) electrons. The summed E-state index contributed by atoms with van der Waals surface area (Å²) in [4.78, 5) is 2.38. The van der Waals surface area contributed by atoms with Gasteiger partial charge in [0.05, 0.1) is 5.69 Å². The van der Waals surface area contributed by atoms with E-state index in [2.05, 4.69) is 71.6 Å². The average molecular weight is 370 g/mol. The summed E-state index contributed by atoms with van der Waals surface area (Å²) in [6.45, 7) is 3.56. The summed E-state index contributed by atoms with van der Waals surface area (Å²) in [5.41, 5.74) is 6.89. The lowest BCUT2D eigenvalue weighted by atomic mass is 10.0. The molecular formula is C25H23FN2. The van der Waals surface area contributed by atoms with Crippen molar-refractivity contribution in [1.29, 1.82) is 0 Å². The van der Waals surface area contributed by atoms with Crippen LogP contribution in [0.4, 0.5) is 15.9 Å². The average Bonchev–Trinajstić information content (AvgIpc) is 2.74. The highest BCUT2D eigenvalue weighted by molar-refractivity contribution is 5.89. The van der Waals surface area contributed by atoms with Crippen LogP contribution in [0.25, 0.3) is 10.8 Å². The van der Waals surface area contributed by atoms with Gasteiger partial charge in [0, 0.05) is 18.8 Å². The third-order valence-corrected chi connectivity index (χ3v) is 5.07. The van der Waals surface area contributed by atoms with E-state index >= 15 is 0 Å². The van der Waals surface area contributed by atoms with Crippen LogP contribution in [0.5, 0.6) is 0 Å². The number of hydrogen-bond acceptors (Lipinski definition) is 2. The van der Waals surface area contributed by atoms with Crippen LogP contribution in [0.15, 0.2) is 91.0 Å². The van der Waals surface area contributed by atoms with Crippen molar-refractivity contribution in [2.45, 2.75) is 20.0 Å². The summed E-state index contributed by atoms with van der Waals surface area (Å²) < 4.78 is 12.9. The summed E-state index contributed by atoms with van der Waals surface area (Å²) in [5.74, 6) is 0. The van der Waals surface area contributed by atoms with Gasteiger partial charge in [0.1, 0.15) is 0 Å². The SMILES string of the molecule is Cc1cc2cc(N(Cc3ccccc3)Cc3ccccc3)ccc2cc1NF. The van der Waals surface area contributed by atoms with Gasteiger partial charge in [-0.3, -0.25) is 0 Å². The van der Waals surface area contributed by atoms with Crippen molar-refractivity contribution in [2.75, 3.05) is 10.4 Å². The number of benzene rings is 4. The van der Waals surface area contributed by atoms with Gasteiger partial charge in [-0.2, -0.15) is 0 Å². The van der Waals surface area contributed by atoms with Crippen LogP contribution < -0.4 is 10.4 Å². The Labute approximate surface area is 165 Å². The van der Waals surface area contributed by atoms with Gasteiger partial charge in [-0.05, 0) is 58.7 Å². The van der Waals surface area contributed by atoms with Crippen LogP contribution in [0.2, 0.25) is 0 Å². The van der Waals surface area contributed by atoms with Crippen LogP contribution >= 0.6 is 0 Å². The van der Waals surface area contributed by atoms with E-state index in [0.717, 1.165) is 35.1 Å². The summed E-state index contributed by atoms with van der Waals surface area (Å²) in [5, 5.41) is 2.13. The molecule has 0 unspecified atom stereocenters. The second kappa shape index (κ2) is 8.13. The Morgan fingerprint density at radius 2 is 1.32 bits per heavy atom. The molecule has 2 nitrogen and oxygen atoms in total. The molecule has 1 N–H and O–H groups in total. The molecule has 0 aliphatic carbocycles. The van der Waals surface area contributed by atoms with E-state index in [-0.39, 0.29) is 0 Å². The molecule has 0 atom stereocenters. The molecule has 0 amide bonds. The Balaban J connectivity index is 1.72. The molecule has 0 saturated heterocycles. The maximum Gasteiger partial charge on any atom is 0.0691 e. The quantitative estimate of drug-likeness (QED) is 0.382. The summed E-state index contributed by atoms with van der Waals surface area (Å²) in [6.07, 6.45) is 0. The third kappa shape index (κ3) is 3.99. The van der Waals surface area contributed by atoms with Crippen molar-refractivity contribution in [2.24, 2.45) is 0 Å². The first-order valence-corrected chi connectivity index (χ1v) is 9.47. The molecule has 0 aliphatic rings. The fraction of sp³-hybridized carbons (Fsp3) is 0.120. The Bertz CT molecular complexity index is 1020. The molecule has 0 aliphatic heterocycles. The first kappa shape index (κ1) is 18.1. The molecule has 0 aromatic heterocycles. The Hall–Kier alpha value is -3.33. The Kier molecular flexibility index (Phi) is 5.24. The van der Waals surface area contributed by atoms with Crippen molar-refractivity contribution < 1.29 is 4.48 Å². The number of hydrogen-bond donors (Lipinski definition) is 1. The van der Waals surface area contributed by atoms with Crippen molar-refractivity contribution >= 4 is 22.1 Å². The number of anilines is 2. The van der Waals surface area contributed by atoms with E-state index < -0.39 is 0 Å². The van der Waals surface area contributed by atoms with Crippen LogP contribution in [-0.2, 0) is 13.1 Å². The van der Waals surface area contributed by atoms with Gasteiger partial charge in [0.2, 0.25) is 0 Å². The Morgan fingerprint density at radius 3 is 1.89 bits per heavy atom. The molecule has 4 aromatic rings. The van der Waals surface area contributed by atoms with Gasteiger partial charge in [0.15, 0.2) is 0 Å². The van der Waals surface area contributed by atoms with Crippen LogP contribution in [0.1, 0.15) is 16.7 Å². The monoisotopic (exact) mass is 370 g/mol. The molecule has 3 heteroatoms. The lowest BCUT2D eigenvalue weighted by Crippen LogP contribution is -2.22. The van der Waals surface area contributed by atoms with E-state index in [1.807, 2.05) is 31.2 Å². The van der Waals surface area contributed by atoms with E-state index in [4.69, 9.17) is 0 Å². The van der Waals surface area contributed by atoms with Gasteiger partial charge >= 0.3 is 0 Å². The number of aryl methyl sites for hydroxylation is 1. The van der Waals surface area contributed by atoms with Gasteiger partial charge in [-0.15, -0.1) is 4.48 Å². The van der Waals surface area contributed by atoms with Gasteiger partial charge in [-0.1, -0.05) is 66.7 Å². The van der Waals surface area contributed by atoms with Gasteiger partial charge in [0.25, 0.3) is 0 Å². The number of halogens is 1. The molecule has 0 bridgehead atoms. The molecular weight excluding hydrogens is 347 g/mol. The predicted octanol–water partition coefficient (Wildman–Crippen LogP) is 6.65. The van der Waals surface area contributed by atoms with Gasteiger partial charge in [-0.25, -0.2) is 5.54 Å². The van der Waals surface area contributed by atoms with Gasteiger partial charge < -0.3 is 4.90 Å². The predicted molar refractivity (Wildman–Crippen MR) is 116 cm³/mol. The lowest BCUT2D eigenvalue weighted by molar-refractivity contribution is 0.617. The minimum atomic E-state index is 0.519. The normalized spacial score (nSPS) is 10.8. The summed E-state index contributed by atoms with van der Waals surface area (Å²) in [7, 11) is 0. The highest BCUT2D eigenvalue weighted by atomic mass is 19.2. The van der Waals surface area contributed by atoms with Crippen molar-refractivity contribution in [3.05, 3.63) is 108 Å². The maximum atomic E-state index is 12.9. The van der Waals surface area contributed by atoms with Crippen LogP contribution in [-0.4, -0.2) is 0 Å². The first-order chi connectivity index (χ1) is 13.7. The second-order valence-electron chi connectivity index (χ2n) is 7.12. The maximum absolute atomic E-state index is 12.9. The van der Waals surface area contributed by atoms with E-state index in [1.54, 1.807) is 5.54 Å². The fourth-order valence-corrected chi connectivity index (χ4v) is 3.54. The summed E-state index contributed by atoms with van der Waals surface area (Å²) >= 11 is 0. The smallest absolute Gasteiger partial charge is 0.0691 e. The second-order valence-corrected chi connectivity index (χ2v) is 7.12. The number of nitrogens with one attached hydrogen (secondary N) is 1. The fourth-order valence-electron chi connectivity index (χ4n) is 3.54. The topological polar surface area (TPSA) is 15.3 Å². The largest absolute Gasteiger partial charge is 0.363 e. The molecule has 0 heterocycles. The minimum Gasteiger partial charge on any atom is -0.363 e. The summed E-state index contributed by atoms with van der Waals surface area (Å²) in [6, 6.07) is 31.3. The third-order valence-electron chi connectivity index (χ3n) is 5.07. The number of fused-ring (bicyclic) bond motifs is 1.